The number of aryl methyl sites for hydroxylation is 2. The minimum atomic E-state index is -0.213. The number of hydrogen-bond acceptors (Lipinski definition) is 5. The predicted molar refractivity (Wildman–Crippen MR) is 92.5 cm³/mol. The van der Waals surface area contributed by atoms with Crippen LogP contribution in [0, 0.1) is 0 Å². The quantitative estimate of drug-likeness (QED) is 0.784. The fourth-order valence-corrected chi connectivity index (χ4v) is 3.68. The van der Waals surface area contributed by atoms with Crippen LogP contribution in [-0.2, 0) is 19.3 Å². The van der Waals surface area contributed by atoms with Crippen LogP contribution in [0.2, 0.25) is 0 Å². The minimum Gasteiger partial charge on any atom is -0.407 e. The Kier molecular flexibility index (Phi) is 4.13. The van der Waals surface area contributed by atoms with E-state index < -0.39 is 0 Å². The molecule has 4 rings (SSSR count). The summed E-state index contributed by atoms with van der Waals surface area (Å²) in [7, 11) is 0. The van der Waals surface area contributed by atoms with Gasteiger partial charge in [-0.05, 0) is 60.4 Å². The third-order valence-electron chi connectivity index (χ3n) is 4.20. The maximum atomic E-state index is 12.4. The maximum Gasteiger partial charge on any atom is 0.322 e. The summed E-state index contributed by atoms with van der Waals surface area (Å²) < 4.78 is 5.51. The summed E-state index contributed by atoms with van der Waals surface area (Å²) in [5.74, 6) is 0.285. The summed E-state index contributed by atoms with van der Waals surface area (Å²) in [6.45, 7) is 0. The average Bonchev–Trinajstić information content (AvgIpc) is 3.27. The Balaban J connectivity index is 1.45. The Bertz CT molecular complexity index is 855. The van der Waals surface area contributed by atoms with Crippen molar-refractivity contribution in [1.29, 1.82) is 0 Å². The average molecular weight is 339 g/mol. The molecule has 24 heavy (non-hydrogen) atoms. The molecular weight excluding hydrogens is 322 g/mol. The standard InChI is InChI=1S/C18H17N3O2S/c22-17(14-8-7-12-4-1-2-5-13(12)10-14)19-18-21-20-16(23-18)11-15-6-3-9-24-15/h3,6-10H,1-2,4-5,11H2,(H,19,21,22). The van der Waals surface area contributed by atoms with E-state index in [-0.39, 0.29) is 11.9 Å². The van der Waals surface area contributed by atoms with Gasteiger partial charge in [0.15, 0.2) is 0 Å². The molecule has 0 saturated carbocycles. The first-order valence-corrected chi connectivity index (χ1v) is 8.94. The Morgan fingerprint density at radius 1 is 1.17 bits per heavy atom. The number of anilines is 1. The summed E-state index contributed by atoms with van der Waals surface area (Å²) in [6, 6.07) is 10.0. The zero-order valence-corrected chi connectivity index (χ0v) is 13.9. The van der Waals surface area contributed by atoms with E-state index in [1.807, 2.05) is 29.6 Å². The first-order valence-electron chi connectivity index (χ1n) is 8.06. The summed E-state index contributed by atoms with van der Waals surface area (Å²) in [6.07, 6.45) is 5.15. The normalized spacial score (nSPS) is 13.5. The minimum absolute atomic E-state index is 0.143. The molecule has 1 aromatic carbocycles. The van der Waals surface area contributed by atoms with Crippen molar-refractivity contribution in [2.45, 2.75) is 32.1 Å². The molecule has 1 N–H and O–H groups in total. The van der Waals surface area contributed by atoms with Crippen molar-refractivity contribution >= 4 is 23.3 Å². The van der Waals surface area contributed by atoms with Crippen LogP contribution in [0.3, 0.4) is 0 Å². The van der Waals surface area contributed by atoms with E-state index in [1.165, 1.54) is 24.0 Å². The lowest BCUT2D eigenvalue weighted by Gasteiger charge is -2.16. The number of fused-ring (bicyclic) bond motifs is 1. The molecule has 0 bridgehead atoms. The molecule has 3 aromatic rings. The van der Waals surface area contributed by atoms with Crippen molar-refractivity contribution in [2.24, 2.45) is 0 Å². The Labute approximate surface area is 143 Å². The van der Waals surface area contributed by atoms with Crippen LogP contribution in [-0.4, -0.2) is 16.1 Å². The number of carbonyl (C=O) groups is 1. The summed E-state index contributed by atoms with van der Waals surface area (Å²) >= 11 is 1.64. The second kappa shape index (κ2) is 6.57. The van der Waals surface area contributed by atoms with E-state index in [9.17, 15) is 4.79 Å². The number of rotatable bonds is 4. The zero-order chi connectivity index (χ0) is 16.4. The van der Waals surface area contributed by atoms with Crippen LogP contribution in [0.4, 0.5) is 6.01 Å². The van der Waals surface area contributed by atoms with E-state index in [2.05, 4.69) is 21.6 Å². The third-order valence-corrected chi connectivity index (χ3v) is 5.08. The van der Waals surface area contributed by atoms with Gasteiger partial charge >= 0.3 is 6.01 Å². The van der Waals surface area contributed by atoms with Crippen LogP contribution in [0.5, 0.6) is 0 Å². The van der Waals surface area contributed by atoms with Crippen molar-refractivity contribution < 1.29 is 9.21 Å². The Morgan fingerprint density at radius 3 is 2.88 bits per heavy atom. The summed E-state index contributed by atoms with van der Waals surface area (Å²) in [5, 5.41) is 12.6. The molecule has 0 fully saturated rings. The van der Waals surface area contributed by atoms with Gasteiger partial charge in [-0.2, -0.15) is 0 Å². The SMILES string of the molecule is O=C(Nc1nnc(Cc2cccs2)o1)c1ccc2c(c1)CCCC2. The van der Waals surface area contributed by atoms with Crippen LogP contribution in [0.15, 0.2) is 40.1 Å². The topological polar surface area (TPSA) is 68.0 Å². The molecule has 2 aromatic heterocycles. The first kappa shape index (κ1) is 15.1. The van der Waals surface area contributed by atoms with Gasteiger partial charge in [-0.25, -0.2) is 0 Å². The smallest absolute Gasteiger partial charge is 0.322 e. The lowest BCUT2D eigenvalue weighted by Crippen LogP contribution is -2.13. The highest BCUT2D eigenvalue weighted by Crippen LogP contribution is 2.23. The molecule has 122 valence electrons. The molecule has 5 nitrogen and oxygen atoms in total. The van der Waals surface area contributed by atoms with Gasteiger partial charge in [-0.15, -0.1) is 16.4 Å². The van der Waals surface area contributed by atoms with Gasteiger partial charge in [-0.3, -0.25) is 10.1 Å². The highest BCUT2D eigenvalue weighted by atomic mass is 32.1. The van der Waals surface area contributed by atoms with Gasteiger partial charge in [0.05, 0.1) is 6.42 Å². The molecule has 0 unspecified atom stereocenters. The highest BCUT2D eigenvalue weighted by Gasteiger charge is 2.15. The molecule has 2 heterocycles. The number of nitrogens with one attached hydrogen (secondary N) is 1. The second-order valence-electron chi connectivity index (χ2n) is 5.90. The molecular formula is C18H17N3O2S. The van der Waals surface area contributed by atoms with Gasteiger partial charge in [0.1, 0.15) is 0 Å². The van der Waals surface area contributed by atoms with Crippen molar-refractivity contribution in [2.75, 3.05) is 5.32 Å². The number of carbonyl (C=O) groups excluding carboxylic acids is 1. The van der Waals surface area contributed by atoms with Gasteiger partial charge in [0.2, 0.25) is 5.89 Å². The lowest BCUT2D eigenvalue weighted by molar-refractivity contribution is 0.102. The van der Waals surface area contributed by atoms with Crippen LogP contribution in [0.1, 0.15) is 45.1 Å². The molecule has 6 heteroatoms. The molecule has 0 aliphatic heterocycles. The Hall–Kier alpha value is -2.47. The highest BCUT2D eigenvalue weighted by molar-refractivity contribution is 7.09. The van der Waals surface area contributed by atoms with E-state index in [4.69, 9.17) is 4.42 Å². The molecule has 1 aliphatic carbocycles. The van der Waals surface area contributed by atoms with Crippen molar-refractivity contribution in [3.63, 3.8) is 0 Å². The monoisotopic (exact) mass is 339 g/mol. The first-order chi connectivity index (χ1) is 11.8. The van der Waals surface area contributed by atoms with Crippen molar-refractivity contribution in [3.8, 4) is 0 Å². The number of hydrogen-bond donors (Lipinski definition) is 1. The summed E-state index contributed by atoms with van der Waals surface area (Å²) in [5.41, 5.74) is 3.26. The fourth-order valence-electron chi connectivity index (χ4n) is 2.98. The molecule has 0 spiro atoms. The number of amides is 1. The van der Waals surface area contributed by atoms with E-state index in [0.29, 0.717) is 17.9 Å². The lowest BCUT2D eigenvalue weighted by atomic mass is 9.90. The number of benzene rings is 1. The van der Waals surface area contributed by atoms with E-state index in [0.717, 1.165) is 17.7 Å². The van der Waals surface area contributed by atoms with Crippen LogP contribution >= 0.6 is 11.3 Å². The van der Waals surface area contributed by atoms with Gasteiger partial charge in [-0.1, -0.05) is 17.2 Å². The number of thiophene rings is 1. The van der Waals surface area contributed by atoms with Crippen LogP contribution < -0.4 is 5.32 Å². The second-order valence-corrected chi connectivity index (χ2v) is 6.93. The zero-order valence-electron chi connectivity index (χ0n) is 13.1. The molecule has 1 amide bonds. The van der Waals surface area contributed by atoms with Crippen LogP contribution in [0.25, 0.3) is 0 Å². The molecule has 0 radical (unpaired) electrons. The van der Waals surface area contributed by atoms with Gasteiger partial charge in [0.25, 0.3) is 5.91 Å². The molecule has 0 atom stereocenters. The van der Waals surface area contributed by atoms with Gasteiger partial charge < -0.3 is 4.42 Å². The molecule has 1 aliphatic rings. The molecule has 0 saturated heterocycles. The number of aromatic nitrogens is 2. The fraction of sp³-hybridized carbons (Fsp3) is 0.278. The van der Waals surface area contributed by atoms with E-state index in [1.54, 1.807) is 11.3 Å². The van der Waals surface area contributed by atoms with Gasteiger partial charge in [0, 0.05) is 10.4 Å². The predicted octanol–water partition coefficient (Wildman–Crippen LogP) is 3.85. The number of nitrogens with zero attached hydrogens (tertiary/aromatic N) is 2. The van der Waals surface area contributed by atoms with Crippen molar-refractivity contribution in [1.82, 2.24) is 10.2 Å². The van der Waals surface area contributed by atoms with Crippen molar-refractivity contribution in [3.05, 3.63) is 63.2 Å². The summed E-state index contributed by atoms with van der Waals surface area (Å²) in [4.78, 5) is 13.5. The Morgan fingerprint density at radius 2 is 2.04 bits per heavy atom. The maximum absolute atomic E-state index is 12.4. The van der Waals surface area contributed by atoms with E-state index >= 15 is 0 Å². The third kappa shape index (κ3) is 3.23. The largest absolute Gasteiger partial charge is 0.407 e.